The van der Waals surface area contributed by atoms with Gasteiger partial charge in [0.2, 0.25) is 0 Å². The van der Waals surface area contributed by atoms with Crippen molar-refractivity contribution in [3.63, 3.8) is 0 Å². The minimum Gasteiger partial charge on any atom is -0.324 e. The van der Waals surface area contributed by atoms with Crippen LogP contribution in [0.1, 0.15) is 17.2 Å². The van der Waals surface area contributed by atoms with Crippen LogP contribution in [0.4, 0.5) is 8.78 Å². The van der Waals surface area contributed by atoms with Crippen LogP contribution in [0.15, 0.2) is 47.4 Å². The lowest BCUT2D eigenvalue weighted by atomic mass is 9.99. The smallest absolute Gasteiger partial charge is 0.126 e. The van der Waals surface area contributed by atoms with E-state index < -0.39 is 11.6 Å². The van der Waals surface area contributed by atoms with Gasteiger partial charge in [0.15, 0.2) is 0 Å². The first-order valence-corrected chi connectivity index (χ1v) is 7.16. The average Bonchev–Trinajstić information content (AvgIpc) is 2.43. The Kier molecular flexibility index (Phi) is 4.56. The van der Waals surface area contributed by atoms with Crippen molar-refractivity contribution in [1.29, 1.82) is 0 Å². The maximum absolute atomic E-state index is 13.5. The van der Waals surface area contributed by atoms with E-state index in [4.69, 9.17) is 5.73 Å². The number of hydrogen-bond donors (Lipinski definition) is 1. The zero-order valence-electron chi connectivity index (χ0n) is 10.6. The van der Waals surface area contributed by atoms with Crippen LogP contribution in [0.3, 0.4) is 0 Å². The molecule has 2 aromatic carbocycles. The van der Waals surface area contributed by atoms with Crippen molar-refractivity contribution in [3.8, 4) is 0 Å². The fraction of sp³-hybridized carbons (Fsp3) is 0.200. The lowest BCUT2D eigenvalue weighted by Gasteiger charge is -2.13. The van der Waals surface area contributed by atoms with Crippen LogP contribution in [-0.4, -0.2) is 6.26 Å². The van der Waals surface area contributed by atoms with Gasteiger partial charge in [0, 0.05) is 10.9 Å². The van der Waals surface area contributed by atoms with E-state index in [2.05, 4.69) is 0 Å². The van der Waals surface area contributed by atoms with Crippen LogP contribution in [0, 0.1) is 11.6 Å². The number of rotatable bonds is 4. The fourth-order valence-corrected chi connectivity index (χ4v) is 2.31. The largest absolute Gasteiger partial charge is 0.324 e. The van der Waals surface area contributed by atoms with Gasteiger partial charge < -0.3 is 5.73 Å². The number of nitrogens with two attached hydrogens (primary N) is 1. The molecule has 2 rings (SSSR count). The molecule has 2 aromatic rings. The summed E-state index contributed by atoms with van der Waals surface area (Å²) in [7, 11) is 0. The first-order valence-electron chi connectivity index (χ1n) is 5.93. The molecule has 0 spiro atoms. The van der Waals surface area contributed by atoms with Crippen molar-refractivity contribution >= 4 is 11.8 Å². The summed E-state index contributed by atoms with van der Waals surface area (Å²) in [5, 5.41) is 0. The van der Waals surface area contributed by atoms with Crippen molar-refractivity contribution in [2.24, 2.45) is 5.73 Å². The number of hydrogen-bond acceptors (Lipinski definition) is 2. The molecule has 19 heavy (non-hydrogen) atoms. The highest BCUT2D eigenvalue weighted by molar-refractivity contribution is 7.98. The first-order chi connectivity index (χ1) is 9.10. The normalized spacial score (nSPS) is 12.4. The van der Waals surface area contributed by atoms with Gasteiger partial charge in [0.25, 0.3) is 0 Å². The minimum atomic E-state index is -0.443. The van der Waals surface area contributed by atoms with Crippen LogP contribution >= 0.6 is 11.8 Å². The summed E-state index contributed by atoms with van der Waals surface area (Å²) in [6, 6.07) is 10.9. The third kappa shape index (κ3) is 3.55. The summed E-state index contributed by atoms with van der Waals surface area (Å²) >= 11 is 1.65. The standard InChI is InChI=1S/C15H15F2NS/c1-19-13-5-2-10(3-6-13)15(18)9-11-8-12(16)4-7-14(11)17/h2-8,15H,9,18H2,1H3. The van der Waals surface area contributed by atoms with E-state index in [1.807, 2.05) is 30.5 Å². The quantitative estimate of drug-likeness (QED) is 0.858. The van der Waals surface area contributed by atoms with Crippen molar-refractivity contribution in [3.05, 3.63) is 65.2 Å². The minimum absolute atomic E-state index is 0.280. The molecule has 1 unspecified atom stereocenters. The van der Waals surface area contributed by atoms with Crippen LogP contribution in [0.5, 0.6) is 0 Å². The third-order valence-electron chi connectivity index (χ3n) is 2.99. The Morgan fingerprint density at radius 3 is 2.42 bits per heavy atom. The van der Waals surface area contributed by atoms with Gasteiger partial charge in [-0.15, -0.1) is 11.8 Å². The van der Waals surface area contributed by atoms with Gasteiger partial charge in [-0.1, -0.05) is 12.1 Å². The molecule has 2 N–H and O–H groups in total. The monoisotopic (exact) mass is 279 g/mol. The Labute approximate surface area is 115 Å². The van der Waals surface area contributed by atoms with Gasteiger partial charge in [-0.25, -0.2) is 8.78 Å². The highest BCUT2D eigenvalue weighted by Crippen LogP contribution is 2.22. The predicted molar refractivity (Wildman–Crippen MR) is 75.2 cm³/mol. The molecule has 0 saturated carbocycles. The molecule has 0 heterocycles. The van der Waals surface area contributed by atoms with Crippen LogP contribution in [-0.2, 0) is 6.42 Å². The van der Waals surface area contributed by atoms with Crippen LogP contribution in [0.25, 0.3) is 0 Å². The van der Waals surface area contributed by atoms with E-state index >= 15 is 0 Å². The Hall–Kier alpha value is -1.39. The fourth-order valence-electron chi connectivity index (χ4n) is 1.91. The zero-order chi connectivity index (χ0) is 13.8. The predicted octanol–water partition coefficient (Wildman–Crippen LogP) is 3.93. The molecule has 4 heteroatoms. The highest BCUT2D eigenvalue weighted by Gasteiger charge is 2.11. The second-order valence-electron chi connectivity index (χ2n) is 4.32. The van der Waals surface area contributed by atoms with Gasteiger partial charge in [-0.3, -0.25) is 0 Å². The Morgan fingerprint density at radius 1 is 1.11 bits per heavy atom. The van der Waals surface area contributed by atoms with Crippen LogP contribution < -0.4 is 5.73 Å². The summed E-state index contributed by atoms with van der Waals surface area (Å²) < 4.78 is 26.6. The molecule has 0 amide bonds. The summed E-state index contributed by atoms with van der Waals surface area (Å²) in [6.07, 6.45) is 2.28. The summed E-state index contributed by atoms with van der Waals surface area (Å²) in [6.45, 7) is 0. The van der Waals surface area contributed by atoms with Gasteiger partial charge in [-0.2, -0.15) is 0 Å². The Morgan fingerprint density at radius 2 is 1.79 bits per heavy atom. The maximum Gasteiger partial charge on any atom is 0.126 e. The van der Waals surface area contributed by atoms with E-state index in [-0.39, 0.29) is 12.5 Å². The molecule has 1 nitrogen and oxygen atoms in total. The molecular formula is C15H15F2NS. The summed E-state index contributed by atoms with van der Waals surface area (Å²) in [5.41, 5.74) is 7.27. The van der Waals surface area contributed by atoms with E-state index in [1.54, 1.807) is 11.8 Å². The second-order valence-corrected chi connectivity index (χ2v) is 5.20. The molecular weight excluding hydrogens is 264 g/mol. The molecule has 0 aliphatic rings. The van der Waals surface area contributed by atoms with Crippen LogP contribution in [0.2, 0.25) is 0 Å². The average molecular weight is 279 g/mol. The lowest BCUT2D eigenvalue weighted by Crippen LogP contribution is -2.14. The van der Waals surface area contributed by atoms with Crippen molar-refractivity contribution in [2.75, 3.05) is 6.26 Å². The number of halogens is 2. The van der Waals surface area contributed by atoms with E-state index in [0.717, 1.165) is 22.6 Å². The zero-order valence-corrected chi connectivity index (χ0v) is 11.4. The number of thioether (sulfide) groups is 1. The maximum atomic E-state index is 13.5. The van der Waals surface area contributed by atoms with E-state index in [9.17, 15) is 8.78 Å². The Bertz CT molecular complexity index is 555. The number of benzene rings is 2. The molecule has 0 bridgehead atoms. The molecule has 0 aromatic heterocycles. The second kappa shape index (κ2) is 6.17. The molecule has 0 fully saturated rings. The van der Waals surface area contributed by atoms with Crippen molar-refractivity contribution in [2.45, 2.75) is 17.4 Å². The molecule has 1 atom stereocenters. The lowest BCUT2D eigenvalue weighted by molar-refractivity contribution is 0.572. The first kappa shape index (κ1) is 14.0. The van der Waals surface area contributed by atoms with Crippen molar-refractivity contribution in [1.82, 2.24) is 0 Å². The highest BCUT2D eigenvalue weighted by atomic mass is 32.2. The van der Waals surface area contributed by atoms with Gasteiger partial charge in [0.05, 0.1) is 0 Å². The van der Waals surface area contributed by atoms with E-state index in [0.29, 0.717) is 5.56 Å². The molecule has 100 valence electrons. The third-order valence-corrected chi connectivity index (χ3v) is 3.74. The van der Waals surface area contributed by atoms with E-state index in [1.165, 1.54) is 6.07 Å². The van der Waals surface area contributed by atoms with Gasteiger partial charge in [0.1, 0.15) is 11.6 Å². The Balaban J connectivity index is 2.15. The molecule has 0 aliphatic carbocycles. The van der Waals surface area contributed by atoms with Gasteiger partial charge in [-0.05, 0) is 54.1 Å². The van der Waals surface area contributed by atoms with Gasteiger partial charge >= 0.3 is 0 Å². The summed E-state index contributed by atoms with van der Waals surface area (Å²) in [4.78, 5) is 1.15. The molecule has 0 radical (unpaired) electrons. The summed E-state index contributed by atoms with van der Waals surface area (Å²) in [5.74, 6) is -0.862. The van der Waals surface area contributed by atoms with Crippen molar-refractivity contribution < 1.29 is 8.78 Å². The SMILES string of the molecule is CSc1ccc(C(N)Cc2cc(F)ccc2F)cc1. The molecule has 0 aliphatic heterocycles. The topological polar surface area (TPSA) is 26.0 Å². The molecule has 0 saturated heterocycles.